The monoisotopic (exact) mass is 264 g/mol. The van der Waals surface area contributed by atoms with Crippen LogP contribution in [-0.2, 0) is 6.54 Å². The van der Waals surface area contributed by atoms with Crippen molar-refractivity contribution < 1.29 is 22.3 Å². The summed E-state index contributed by atoms with van der Waals surface area (Å²) in [7, 11) is 0. The molecule has 3 nitrogen and oxygen atoms in total. The SMILES string of the molecule is Fc1c(CNC2CC2)ccnc1OCC(F)(F)F. The lowest BCUT2D eigenvalue weighted by Crippen LogP contribution is -2.21. The smallest absolute Gasteiger partial charge is 0.422 e. The maximum absolute atomic E-state index is 13.7. The second-order valence-electron chi connectivity index (χ2n) is 4.15. The molecule has 1 fully saturated rings. The number of halogens is 4. The summed E-state index contributed by atoms with van der Waals surface area (Å²) in [4.78, 5) is 3.46. The third-order valence-corrected chi connectivity index (χ3v) is 2.47. The second kappa shape index (κ2) is 5.09. The highest BCUT2D eigenvalue weighted by atomic mass is 19.4. The Hall–Kier alpha value is -1.37. The molecule has 1 aliphatic rings. The van der Waals surface area contributed by atoms with Gasteiger partial charge in [0.1, 0.15) is 0 Å². The third kappa shape index (κ3) is 3.83. The van der Waals surface area contributed by atoms with Crippen molar-refractivity contribution in [2.24, 2.45) is 0 Å². The van der Waals surface area contributed by atoms with Crippen molar-refractivity contribution in [3.05, 3.63) is 23.6 Å². The van der Waals surface area contributed by atoms with Crippen LogP contribution in [0.4, 0.5) is 17.6 Å². The molecule has 0 radical (unpaired) electrons. The molecule has 1 N–H and O–H groups in total. The van der Waals surface area contributed by atoms with Gasteiger partial charge in [-0.25, -0.2) is 9.37 Å². The van der Waals surface area contributed by atoms with E-state index in [9.17, 15) is 17.6 Å². The van der Waals surface area contributed by atoms with E-state index in [0.717, 1.165) is 12.8 Å². The van der Waals surface area contributed by atoms with Gasteiger partial charge in [-0.15, -0.1) is 0 Å². The van der Waals surface area contributed by atoms with Gasteiger partial charge in [0, 0.05) is 24.3 Å². The van der Waals surface area contributed by atoms with Crippen molar-refractivity contribution in [3.8, 4) is 5.88 Å². The molecule has 100 valence electrons. The number of nitrogens with one attached hydrogen (secondary N) is 1. The van der Waals surface area contributed by atoms with Crippen molar-refractivity contribution in [2.75, 3.05) is 6.61 Å². The fourth-order valence-electron chi connectivity index (χ4n) is 1.39. The number of alkyl halides is 3. The van der Waals surface area contributed by atoms with Gasteiger partial charge in [-0.1, -0.05) is 0 Å². The first-order valence-corrected chi connectivity index (χ1v) is 5.52. The number of nitrogens with zero attached hydrogens (tertiary/aromatic N) is 1. The average Bonchev–Trinajstić information content (AvgIpc) is 3.09. The Morgan fingerprint density at radius 3 is 2.72 bits per heavy atom. The molecule has 18 heavy (non-hydrogen) atoms. The van der Waals surface area contributed by atoms with Crippen LogP contribution in [0.25, 0.3) is 0 Å². The van der Waals surface area contributed by atoms with Gasteiger partial charge < -0.3 is 10.1 Å². The van der Waals surface area contributed by atoms with E-state index >= 15 is 0 Å². The van der Waals surface area contributed by atoms with Gasteiger partial charge in [-0.05, 0) is 18.9 Å². The van der Waals surface area contributed by atoms with E-state index in [1.807, 2.05) is 0 Å². The van der Waals surface area contributed by atoms with E-state index in [2.05, 4.69) is 15.0 Å². The average molecular weight is 264 g/mol. The lowest BCUT2D eigenvalue weighted by Gasteiger charge is -2.11. The van der Waals surface area contributed by atoms with E-state index < -0.39 is 24.5 Å². The van der Waals surface area contributed by atoms with E-state index in [1.165, 1.54) is 12.3 Å². The summed E-state index contributed by atoms with van der Waals surface area (Å²) < 4.78 is 53.9. The van der Waals surface area contributed by atoms with Crippen LogP contribution in [0.3, 0.4) is 0 Å². The van der Waals surface area contributed by atoms with Crippen molar-refractivity contribution in [1.29, 1.82) is 0 Å². The lowest BCUT2D eigenvalue weighted by atomic mass is 10.2. The van der Waals surface area contributed by atoms with Crippen molar-refractivity contribution in [1.82, 2.24) is 10.3 Å². The van der Waals surface area contributed by atoms with Crippen LogP contribution in [0.5, 0.6) is 5.88 Å². The minimum atomic E-state index is -4.50. The van der Waals surface area contributed by atoms with Crippen LogP contribution in [0.2, 0.25) is 0 Å². The summed E-state index contributed by atoms with van der Waals surface area (Å²) >= 11 is 0. The molecule has 1 saturated carbocycles. The molecule has 1 heterocycles. The molecule has 0 spiro atoms. The predicted octanol–water partition coefficient (Wildman–Crippen LogP) is 2.41. The van der Waals surface area contributed by atoms with E-state index in [1.54, 1.807) is 0 Å². The van der Waals surface area contributed by atoms with Crippen molar-refractivity contribution in [3.63, 3.8) is 0 Å². The van der Waals surface area contributed by atoms with Gasteiger partial charge in [0.05, 0.1) is 0 Å². The normalized spacial score (nSPS) is 15.8. The first-order valence-electron chi connectivity index (χ1n) is 5.52. The number of hydrogen-bond donors (Lipinski definition) is 1. The Morgan fingerprint density at radius 1 is 1.39 bits per heavy atom. The number of rotatable bonds is 5. The highest BCUT2D eigenvalue weighted by molar-refractivity contribution is 5.23. The fourth-order valence-corrected chi connectivity index (χ4v) is 1.39. The van der Waals surface area contributed by atoms with Gasteiger partial charge in [0.25, 0.3) is 5.88 Å². The van der Waals surface area contributed by atoms with Crippen LogP contribution < -0.4 is 10.1 Å². The summed E-state index contributed by atoms with van der Waals surface area (Å²) in [6.07, 6.45) is -1.18. The Kier molecular flexibility index (Phi) is 3.70. The predicted molar refractivity (Wildman–Crippen MR) is 55.6 cm³/mol. The van der Waals surface area contributed by atoms with Crippen molar-refractivity contribution in [2.45, 2.75) is 31.6 Å². The Morgan fingerprint density at radius 2 is 2.11 bits per heavy atom. The van der Waals surface area contributed by atoms with Crippen LogP contribution in [0.15, 0.2) is 12.3 Å². The maximum Gasteiger partial charge on any atom is 0.422 e. The molecule has 0 atom stereocenters. The van der Waals surface area contributed by atoms with E-state index in [4.69, 9.17) is 0 Å². The number of ether oxygens (including phenoxy) is 1. The molecule has 1 aliphatic carbocycles. The van der Waals surface area contributed by atoms with Crippen LogP contribution in [0.1, 0.15) is 18.4 Å². The molecule has 1 aromatic heterocycles. The number of pyridine rings is 1. The highest BCUT2D eigenvalue weighted by Gasteiger charge is 2.29. The van der Waals surface area contributed by atoms with E-state index in [-0.39, 0.29) is 12.1 Å². The molecule has 0 aliphatic heterocycles. The minimum Gasteiger partial charge on any atom is -0.466 e. The van der Waals surface area contributed by atoms with Crippen LogP contribution in [-0.4, -0.2) is 23.8 Å². The summed E-state index contributed by atoms with van der Waals surface area (Å²) in [6.45, 7) is -1.28. The van der Waals surface area contributed by atoms with E-state index in [0.29, 0.717) is 6.04 Å². The fraction of sp³-hybridized carbons (Fsp3) is 0.545. The zero-order chi connectivity index (χ0) is 13.2. The summed E-state index contributed by atoms with van der Waals surface area (Å²) in [5.41, 5.74) is 0.258. The van der Waals surface area contributed by atoms with Crippen LogP contribution in [0, 0.1) is 5.82 Å². The van der Waals surface area contributed by atoms with Gasteiger partial charge in [-0.2, -0.15) is 13.2 Å². The quantitative estimate of drug-likeness (QED) is 0.829. The van der Waals surface area contributed by atoms with Gasteiger partial charge in [0.15, 0.2) is 12.4 Å². The number of aromatic nitrogens is 1. The molecule has 0 unspecified atom stereocenters. The van der Waals surface area contributed by atoms with Gasteiger partial charge >= 0.3 is 6.18 Å². The number of hydrogen-bond acceptors (Lipinski definition) is 3. The molecule has 0 bridgehead atoms. The maximum atomic E-state index is 13.7. The molecule has 2 rings (SSSR count). The molecule has 7 heteroatoms. The molecule has 0 saturated heterocycles. The molecule has 0 aromatic carbocycles. The summed E-state index contributed by atoms with van der Waals surface area (Å²) in [5.74, 6) is -1.45. The van der Waals surface area contributed by atoms with Crippen LogP contribution >= 0.6 is 0 Å². The Bertz CT molecular complexity index is 418. The largest absolute Gasteiger partial charge is 0.466 e. The Balaban J connectivity index is 1.98. The lowest BCUT2D eigenvalue weighted by molar-refractivity contribution is -0.154. The Labute approximate surface area is 101 Å². The molecular formula is C11H12F4N2O. The third-order valence-electron chi connectivity index (χ3n) is 2.47. The summed E-state index contributed by atoms with van der Waals surface area (Å²) in [6, 6.07) is 1.81. The van der Waals surface area contributed by atoms with Crippen molar-refractivity contribution >= 4 is 0 Å². The standard InChI is InChI=1S/C11H12F4N2O/c12-9-7(5-17-8-1-2-8)3-4-16-10(9)18-6-11(13,14)15/h3-4,8,17H,1-2,5-6H2. The first-order chi connectivity index (χ1) is 8.46. The summed E-state index contributed by atoms with van der Waals surface area (Å²) in [5, 5.41) is 3.07. The topological polar surface area (TPSA) is 34.2 Å². The van der Waals surface area contributed by atoms with Gasteiger partial charge in [-0.3, -0.25) is 0 Å². The first kappa shape index (κ1) is 13.1. The zero-order valence-corrected chi connectivity index (χ0v) is 9.43. The zero-order valence-electron chi connectivity index (χ0n) is 9.43. The second-order valence-corrected chi connectivity index (χ2v) is 4.15. The molecule has 1 aromatic rings. The molecular weight excluding hydrogens is 252 g/mol. The highest BCUT2D eigenvalue weighted by Crippen LogP contribution is 2.23. The molecule has 0 amide bonds. The van der Waals surface area contributed by atoms with Gasteiger partial charge in [0.2, 0.25) is 0 Å². The minimum absolute atomic E-state index is 0.258.